The van der Waals surface area contributed by atoms with Crippen LogP contribution in [0.25, 0.3) is 0 Å². The molecule has 1 N–H and O–H groups in total. The number of rotatable bonds is 7. The van der Waals surface area contributed by atoms with Crippen LogP contribution in [0.1, 0.15) is 5.56 Å². The van der Waals surface area contributed by atoms with Crippen molar-refractivity contribution in [3.8, 4) is 0 Å². The molecular weight excluding hydrogens is 365 g/mol. The first-order valence-corrected chi connectivity index (χ1v) is 8.95. The molecule has 0 saturated carbocycles. The van der Waals surface area contributed by atoms with Crippen molar-refractivity contribution in [3.63, 3.8) is 0 Å². The Kier molecular flexibility index (Phi) is 7.96. The highest BCUT2D eigenvalue weighted by atomic mass is 35.5. The van der Waals surface area contributed by atoms with E-state index in [1.54, 1.807) is 25.3 Å². The second kappa shape index (κ2) is 9.97. The lowest BCUT2D eigenvalue weighted by Crippen LogP contribution is -2.51. The fourth-order valence-electron chi connectivity index (χ4n) is 2.65. The molecular formula is C17H23Cl2N3O3. The fraction of sp³-hybridized carbons (Fsp3) is 0.529. The van der Waals surface area contributed by atoms with Crippen LogP contribution in [-0.4, -0.2) is 74.6 Å². The molecule has 1 fully saturated rings. The second-order valence-corrected chi connectivity index (χ2v) is 6.76. The standard InChI is InChI=1S/C17H23Cl2N3O3/c1-25-9-4-20-16(23)12-21-5-7-22(8-6-21)17(24)10-13-2-3-14(18)11-15(13)19/h2-3,11H,4-10,12H2,1H3,(H,20,23). The van der Waals surface area contributed by atoms with Gasteiger partial charge < -0.3 is 15.0 Å². The van der Waals surface area contributed by atoms with Gasteiger partial charge in [0.25, 0.3) is 0 Å². The molecule has 6 nitrogen and oxygen atoms in total. The van der Waals surface area contributed by atoms with Gasteiger partial charge in [-0.3, -0.25) is 14.5 Å². The number of nitrogens with zero attached hydrogens (tertiary/aromatic N) is 2. The number of ether oxygens (including phenoxy) is 1. The zero-order valence-corrected chi connectivity index (χ0v) is 15.8. The van der Waals surface area contributed by atoms with E-state index in [0.29, 0.717) is 55.9 Å². The van der Waals surface area contributed by atoms with E-state index < -0.39 is 0 Å². The lowest BCUT2D eigenvalue weighted by Gasteiger charge is -2.34. The molecule has 0 unspecified atom stereocenters. The third-order valence-electron chi connectivity index (χ3n) is 4.08. The number of halogens is 2. The molecule has 0 aliphatic carbocycles. The van der Waals surface area contributed by atoms with Crippen LogP contribution >= 0.6 is 23.2 Å². The summed E-state index contributed by atoms with van der Waals surface area (Å²) in [6.07, 6.45) is 0.257. The van der Waals surface area contributed by atoms with Crippen LogP contribution in [0.2, 0.25) is 10.0 Å². The van der Waals surface area contributed by atoms with Crippen molar-refractivity contribution in [3.05, 3.63) is 33.8 Å². The van der Waals surface area contributed by atoms with E-state index in [2.05, 4.69) is 5.32 Å². The molecule has 1 aliphatic rings. The van der Waals surface area contributed by atoms with Gasteiger partial charge in [0.05, 0.1) is 19.6 Å². The minimum atomic E-state index is -0.0234. The number of benzene rings is 1. The smallest absolute Gasteiger partial charge is 0.234 e. The van der Waals surface area contributed by atoms with Crippen LogP contribution in [0.15, 0.2) is 18.2 Å². The number of hydrogen-bond acceptors (Lipinski definition) is 4. The first-order chi connectivity index (χ1) is 12.0. The number of hydrogen-bond donors (Lipinski definition) is 1. The average molecular weight is 388 g/mol. The van der Waals surface area contributed by atoms with Gasteiger partial charge in [-0.15, -0.1) is 0 Å². The molecule has 138 valence electrons. The molecule has 0 aromatic heterocycles. The summed E-state index contributed by atoms with van der Waals surface area (Å²) < 4.78 is 4.90. The first-order valence-electron chi connectivity index (χ1n) is 8.19. The summed E-state index contributed by atoms with van der Waals surface area (Å²) in [7, 11) is 1.60. The quantitative estimate of drug-likeness (QED) is 0.719. The Morgan fingerprint density at radius 2 is 1.92 bits per heavy atom. The second-order valence-electron chi connectivity index (χ2n) is 5.91. The molecule has 1 saturated heterocycles. The average Bonchev–Trinajstić information content (AvgIpc) is 2.58. The molecule has 8 heteroatoms. The summed E-state index contributed by atoms with van der Waals surface area (Å²) in [5.74, 6) is 0.0122. The van der Waals surface area contributed by atoms with Crippen LogP contribution in [0.4, 0.5) is 0 Å². The summed E-state index contributed by atoms with van der Waals surface area (Å²) in [6, 6.07) is 5.16. The van der Waals surface area contributed by atoms with Crippen LogP contribution in [0, 0.1) is 0 Å². The summed E-state index contributed by atoms with van der Waals surface area (Å²) >= 11 is 12.0. The highest BCUT2D eigenvalue weighted by molar-refractivity contribution is 6.35. The van der Waals surface area contributed by atoms with Gasteiger partial charge in [0.2, 0.25) is 11.8 Å². The number of amides is 2. The monoisotopic (exact) mass is 387 g/mol. The highest BCUT2D eigenvalue weighted by Crippen LogP contribution is 2.22. The van der Waals surface area contributed by atoms with Gasteiger partial charge in [0.1, 0.15) is 0 Å². The minimum absolute atomic E-state index is 0.0234. The number of piperazine rings is 1. The fourth-order valence-corrected chi connectivity index (χ4v) is 3.12. The zero-order chi connectivity index (χ0) is 18.2. The van der Waals surface area contributed by atoms with E-state index in [-0.39, 0.29) is 18.2 Å². The summed E-state index contributed by atoms with van der Waals surface area (Å²) in [4.78, 5) is 28.1. The Hall–Kier alpha value is -1.34. The minimum Gasteiger partial charge on any atom is -0.383 e. The summed E-state index contributed by atoms with van der Waals surface area (Å²) in [5.41, 5.74) is 0.774. The lowest BCUT2D eigenvalue weighted by molar-refractivity contribution is -0.132. The number of methoxy groups -OCH3 is 1. The van der Waals surface area contributed by atoms with E-state index in [9.17, 15) is 9.59 Å². The van der Waals surface area contributed by atoms with Gasteiger partial charge in [-0.2, -0.15) is 0 Å². The van der Waals surface area contributed by atoms with Crippen molar-refractivity contribution >= 4 is 35.0 Å². The molecule has 1 aromatic rings. The van der Waals surface area contributed by atoms with Crippen molar-refractivity contribution in [1.29, 1.82) is 0 Å². The van der Waals surface area contributed by atoms with Gasteiger partial charge in [-0.05, 0) is 17.7 Å². The number of carbonyl (C=O) groups is 2. The van der Waals surface area contributed by atoms with Crippen molar-refractivity contribution in [2.24, 2.45) is 0 Å². The van der Waals surface area contributed by atoms with Crippen LogP contribution < -0.4 is 5.32 Å². The summed E-state index contributed by atoms with van der Waals surface area (Å²) in [6.45, 7) is 3.92. The van der Waals surface area contributed by atoms with E-state index in [4.69, 9.17) is 27.9 Å². The Morgan fingerprint density at radius 3 is 2.56 bits per heavy atom. The van der Waals surface area contributed by atoms with Crippen LogP contribution in [0.3, 0.4) is 0 Å². The Balaban J connectivity index is 1.75. The molecule has 25 heavy (non-hydrogen) atoms. The van der Waals surface area contributed by atoms with Crippen molar-refractivity contribution < 1.29 is 14.3 Å². The molecule has 1 aromatic carbocycles. The molecule has 1 heterocycles. The predicted octanol–water partition coefficient (Wildman–Crippen LogP) is 1.44. The maximum absolute atomic E-state index is 12.4. The molecule has 0 bridgehead atoms. The summed E-state index contributed by atoms with van der Waals surface area (Å²) in [5, 5.41) is 3.86. The maximum Gasteiger partial charge on any atom is 0.234 e. The third-order valence-corrected chi connectivity index (χ3v) is 4.66. The van der Waals surface area contributed by atoms with Gasteiger partial charge >= 0.3 is 0 Å². The van der Waals surface area contributed by atoms with Gasteiger partial charge in [0, 0.05) is 49.9 Å². The molecule has 2 rings (SSSR count). The maximum atomic E-state index is 12.4. The zero-order valence-electron chi connectivity index (χ0n) is 14.3. The molecule has 0 spiro atoms. The first kappa shape index (κ1) is 20.0. The van der Waals surface area contributed by atoms with Crippen molar-refractivity contribution in [2.75, 3.05) is 53.0 Å². The Labute approximate surface area is 158 Å². The third kappa shape index (κ3) is 6.47. The van der Waals surface area contributed by atoms with E-state index in [1.807, 2.05) is 9.80 Å². The largest absolute Gasteiger partial charge is 0.383 e. The Bertz CT molecular complexity index is 605. The molecule has 0 atom stereocenters. The van der Waals surface area contributed by atoms with Gasteiger partial charge in [0.15, 0.2) is 0 Å². The molecule has 0 radical (unpaired) electrons. The normalized spacial score (nSPS) is 15.2. The van der Waals surface area contributed by atoms with Crippen molar-refractivity contribution in [1.82, 2.24) is 15.1 Å². The SMILES string of the molecule is COCCNC(=O)CN1CCN(C(=O)Cc2ccc(Cl)cc2Cl)CC1. The van der Waals surface area contributed by atoms with Gasteiger partial charge in [-0.1, -0.05) is 29.3 Å². The predicted molar refractivity (Wildman–Crippen MR) is 98.1 cm³/mol. The molecule has 2 amide bonds. The number of nitrogens with one attached hydrogen (secondary N) is 1. The van der Waals surface area contributed by atoms with Crippen molar-refractivity contribution in [2.45, 2.75) is 6.42 Å². The molecule has 1 aliphatic heterocycles. The van der Waals surface area contributed by atoms with Crippen LogP contribution in [0.5, 0.6) is 0 Å². The number of carbonyl (C=O) groups excluding carboxylic acids is 2. The van der Waals surface area contributed by atoms with E-state index >= 15 is 0 Å². The van der Waals surface area contributed by atoms with Crippen LogP contribution in [-0.2, 0) is 20.7 Å². The highest BCUT2D eigenvalue weighted by Gasteiger charge is 2.22. The van der Waals surface area contributed by atoms with Gasteiger partial charge in [-0.25, -0.2) is 0 Å². The van der Waals surface area contributed by atoms with E-state index in [1.165, 1.54) is 0 Å². The topological polar surface area (TPSA) is 61.9 Å². The lowest BCUT2D eigenvalue weighted by atomic mass is 10.1. The van der Waals surface area contributed by atoms with E-state index in [0.717, 1.165) is 5.56 Å². The Morgan fingerprint density at radius 1 is 1.20 bits per heavy atom.